The summed E-state index contributed by atoms with van der Waals surface area (Å²) in [5.74, 6) is 1.88. The van der Waals surface area contributed by atoms with Gasteiger partial charge < -0.3 is 9.84 Å². The molecule has 0 aromatic heterocycles. The van der Waals surface area contributed by atoms with E-state index in [2.05, 4.69) is 0 Å². The normalized spacial score (nSPS) is 10.3. The lowest BCUT2D eigenvalue weighted by molar-refractivity contribution is 0.344. The van der Waals surface area contributed by atoms with E-state index >= 15 is 0 Å². The average Bonchev–Trinajstić information content (AvgIpc) is 2.35. The van der Waals surface area contributed by atoms with Crippen molar-refractivity contribution in [3.8, 4) is 11.5 Å². The number of phenols is 1. The fourth-order valence-electron chi connectivity index (χ4n) is 1.45. The van der Waals surface area contributed by atoms with Crippen molar-refractivity contribution in [2.45, 2.75) is 4.90 Å². The number of aromatic hydroxyl groups is 1. The van der Waals surface area contributed by atoms with E-state index in [0.717, 1.165) is 16.4 Å². The molecule has 0 aliphatic rings. The van der Waals surface area contributed by atoms with Crippen molar-refractivity contribution in [3.05, 3.63) is 53.6 Å². The standard InChI is InChI=1S/C14H13ClO2S/c15-11-3-1-5-13(9-11)17-7-8-18-14-6-2-4-12(16)10-14/h1-6,9-10,16H,7-8H2. The molecule has 1 N–H and O–H groups in total. The minimum atomic E-state index is 0.288. The number of halogens is 1. The van der Waals surface area contributed by atoms with Gasteiger partial charge in [0.15, 0.2) is 0 Å². The molecule has 0 bridgehead atoms. The molecule has 0 fully saturated rings. The zero-order chi connectivity index (χ0) is 12.8. The van der Waals surface area contributed by atoms with Crippen LogP contribution in [0.1, 0.15) is 0 Å². The Balaban J connectivity index is 1.76. The number of hydrogen-bond acceptors (Lipinski definition) is 3. The molecular formula is C14H13ClO2S. The summed E-state index contributed by atoms with van der Waals surface area (Å²) in [6, 6.07) is 14.5. The van der Waals surface area contributed by atoms with Crippen LogP contribution in [-0.4, -0.2) is 17.5 Å². The van der Waals surface area contributed by atoms with E-state index in [4.69, 9.17) is 16.3 Å². The molecule has 0 aliphatic carbocycles. The molecule has 4 heteroatoms. The Morgan fingerprint density at radius 2 is 1.94 bits per heavy atom. The number of benzene rings is 2. The van der Waals surface area contributed by atoms with Crippen LogP contribution in [0.4, 0.5) is 0 Å². The number of ether oxygens (including phenoxy) is 1. The highest BCUT2D eigenvalue weighted by molar-refractivity contribution is 7.99. The maximum absolute atomic E-state index is 9.32. The van der Waals surface area contributed by atoms with Gasteiger partial charge in [-0.25, -0.2) is 0 Å². The van der Waals surface area contributed by atoms with E-state index in [0.29, 0.717) is 11.6 Å². The molecule has 0 spiro atoms. The molecule has 2 nitrogen and oxygen atoms in total. The summed E-state index contributed by atoms with van der Waals surface area (Å²) in [6.45, 7) is 0.598. The lowest BCUT2D eigenvalue weighted by Gasteiger charge is -2.06. The van der Waals surface area contributed by atoms with Crippen LogP contribution < -0.4 is 4.74 Å². The second-order valence-electron chi connectivity index (χ2n) is 3.65. The Morgan fingerprint density at radius 1 is 1.11 bits per heavy atom. The molecule has 18 heavy (non-hydrogen) atoms. The quantitative estimate of drug-likeness (QED) is 0.657. The summed E-state index contributed by atoms with van der Waals surface area (Å²) in [6.07, 6.45) is 0. The van der Waals surface area contributed by atoms with Gasteiger partial charge in [-0.1, -0.05) is 23.7 Å². The Morgan fingerprint density at radius 3 is 2.72 bits per heavy atom. The zero-order valence-corrected chi connectivity index (χ0v) is 11.2. The number of hydrogen-bond donors (Lipinski definition) is 1. The summed E-state index contributed by atoms with van der Waals surface area (Å²) >= 11 is 7.50. The summed E-state index contributed by atoms with van der Waals surface area (Å²) in [4.78, 5) is 1.03. The van der Waals surface area contributed by atoms with Crippen LogP contribution in [-0.2, 0) is 0 Å². The highest BCUT2D eigenvalue weighted by atomic mass is 35.5. The Hall–Kier alpha value is -1.32. The largest absolute Gasteiger partial charge is 0.508 e. The predicted molar refractivity (Wildman–Crippen MR) is 75.8 cm³/mol. The van der Waals surface area contributed by atoms with Crippen molar-refractivity contribution in [2.75, 3.05) is 12.4 Å². The maximum Gasteiger partial charge on any atom is 0.120 e. The first-order chi connectivity index (χ1) is 8.74. The van der Waals surface area contributed by atoms with Crippen LogP contribution in [0.15, 0.2) is 53.4 Å². The molecule has 0 unspecified atom stereocenters. The van der Waals surface area contributed by atoms with Crippen LogP contribution in [0.3, 0.4) is 0 Å². The van der Waals surface area contributed by atoms with Crippen LogP contribution in [0.5, 0.6) is 11.5 Å². The molecule has 94 valence electrons. The molecule has 0 saturated heterocycles. The Kier molecular flexibility index (Phi) is 4.79. The minimum absolute atomic E-state index is 0.288. The topological polar surface area (TPSA) is 29.5 Å². The van der Waals surface area contributed by atoms with Gasteiger partial charge in [0, 0.05) is 15.7 Å². The van der Waals surface area contributed by atoms with Gasteiger partial charge in [-0.15, -0.1) is 11.8 Å². The fourth-order valence-corrected chi connectivity index (χ4v) is 2.41. The molecule has 0 amide bonds. The molecule has 2 rings (SSSR count). The summed E-state index contributed by atoms with van der Waals surface area (Å²) in [5.41, 5.74) is 0. The zero-order valence-electron chi connectivity index (χ0n) is 9.67. The molecule has 0 saturated carbocycles. The second kappa shape index (κ2) is 6.57. The van der Waals surface area contributed by atoms with Crippen molar-refractivity contribution in [1.29, 1.82) is 0 Å². The summed E-state index contributed by atoms with van der Waals surface area (Å²) in [5, 5.41) is 9.99. The predicted octanol–water partition coefficient (Wildman–Crippen LogP) is 4.22. The second-order valence-corrected chi connectivity index (χ2v) is 5.26. The monoisotopic (exact) mass is 280 g/mol. The van der Waals surface area contributed by atoms with E-state index in [1.54, 1.807) is 30.0 Å². The van der Waals surface area contributed by atoms with Gasteiger partial charge in [-0.3, -0.25) is 0 Å². The third kappa shape index (κ3) is 4.17. The van der Waals surface area contributed by atoms with Gasteiger partial charge in [-0.2, -0.15) is 0 Å². The maximum atomic E-state index is 9.32. The van der Waals surface area contributed by atoms with Crippen LogP contribution in [0.25, 0.3) is 0 Å². The van der Waals surface area contributed by atoms with Crippen molar-refractivity contribution >= 4 is 23.4 Å². The minimum Gasteiger partial charge on any atom is -0.508 e. The molecular weight excluding hydrogens is 268 g/mol. The summed E-state index contributed by atoms with van der Waals surface area (Å²) in [7, 11) is 0. The smallest absolute Gasteiger partial charge is 0.120 e. The first-order valence-corrected chi connectivity index (χ1v) is 6.90. The van der Waals surface area contributed by atoms with E-state index in [9.17, 15) is 5.11 Å². The first-order valence-electron chi connectivity index (χ1n) is 5.54. The van der Waals surface area contributed by atoms with Gasteiger partial charge in [0.2, 0.25) is 0 Å². The van der Waals surface area contributed by atoms with Gasteiger partial charge in [0.25, 0.3) is 0 Å². The molecule has 0 atom stereocenters. The van der Waals surface area contributed by atoms with Gasteiger partial charge in [0.05, 0.1) is 6.61 Å². The Labute approximate surface area is 116 Å². The average molecular weight is 281 g/mol. The third-order valence-electron chi connectivity index (χ3n) is 2.23. The lowest BCUT2D eigenvalue weighted by Crippen LogP contribution is -1.99. The van der Waals surface area contributed by atoms with Crippen molar-refractivity contribution in [1.82, 2.24) is 0 Å². The third-order valence-corrected chi connectivity index (χ3v) is 3.43. The number of rotatable bonds is 5. The van der Waals surface area contributed by atoms with Crippen molar-refractivity contribution < 1.29 is 9.84 Å². The first kappa shape index (κ1) is 13.1. The van der Waals surface area contributed by atoms with Crippen LogP contribution >= 0.6 is 23.4 Å². The number of phenolic OH excluding ortho intramolecular Hbond substituents is 1. The van der Waals surface area contributed by atoms with E-state index in [-0.39, 0.29) is 5.75 Å². The molecule has 0 heterocycles. The van der Waals surface area contributed by atoms with E-state index < -0.39 is 0 Å². The van der Waals surface area contributed by atoms with Gasteiger partial charge >= 0.3 is 0 Å². The number of thioether (sulfide) groups is 1. The summed E-state index contributed by atoms with van der Waals surface area (Å²) < 4.78 is 5.57. The molecule has 0 aliphatic heterocycles. The van der Waals surface area contributed by atoms with Crippen molar-refractivity contribution in [3.63, 3.8) is 0 Å². The molecule has 0 radical (unpaired) electrons. The van der Waals surface area contributed by atoms with Crippen LogP contribution in [0.2, 0.25) is 5.02 Å². The lowest BCUT2D eigenvalue weighted by atomic mass is 10.3. The van der Waals surface area contributed by atoms with Gasteiger partial charge in [0.1, 0.15) is 11.5 Å². The van der Waals surface area contributed by atoms with Crippen molar-refractivity contribution in [2.24, 2.45) is 0 Å². The fraction of sp³-hybridized carbons (Fsp3) is 0.143. The Bertz CT molecular complexity index is 469. The SMILES string of the molecule is Oc1cccc(SCCOc2cccc(Cl)c2)c1. The van der Waals surface area contributed by atoms with Gasteiger partial charge in [-0.05, 0) is 36.4 Å². The van der Waals surface area contributed by atoms with E-state index in [1.807, 2.05) is 30.3 Å². The highest BCUT2D eigenvalue weighted by Gasteiger charge is 1.97. The van der Waals surface area contributed by atoms with Crippen LogP contribution in [0, 0.1) is 0 Å². The molecule has 2 aromatic carbocycles. The highest BCUT2D eigenvalue weighted by Crippen LogP contribution is 2.22. The van der Waals surface area contributed by atoms with E-state index in [1.165, 1.54) is 0 Å². The molecule has 2 aromatic rings.